The number of esters is 1. The van der Waals surface area contributed by atoms with Gasteiger partial charge in [0.15, 0.2) is 0 Å². The summed E-state index contributed by atoms with van der Waals surface area (Å²) in [6, 6.07) is 3.36. The molecule has 1 heterocycles. The van der Waals surface area contributed by atoms with Crippen LogP contribution in [0.1, 0.15) is 12.1 Å². The number of aryl methyl sites for hydroxylation is 1. The summed E-state index contributed by atoms with van der Waals surface area (Å²) in [4.78, 5) is 14.0. The molecule has 0 fully saturated rings. The zero-order valence-corrected chi connectivity index (χ0v) is 7.62. The number of methoxy groups -OCH3 is 1. The van der Waals surface area contributed by atoms with Crippen LogP contribution in [-0.4, -0.2) is 24.1 Å². The second-order valence-corrected chi connectivity index (χ2v) is 2.86. The van der Waals surface area contributed by atoms with E-state index in [0.29, 0.717) is 6.42 Å². The molecule has 1 rings (SSSR count). The molecule has 0 aromatic carbocycles. The fourth-order valence-electron chi connectivity index (χ4n) is 1.10. The summed E-state index contributed by atoms with van der Waals surface area (Å²) in [6.45, 7) is 0. The Morgan fingerprint density at radius 1 is 1.77 bits per heavy atom. The van der Waals surface area contributed by atoms with Crippen LogP contribution in [0.25, 0.3) is 0 Å². The molecule has 4 heteroatoms. The highest BCUT2D eigenvalue weighted by Crippen LogP contribution is 2.01. The average Bonchev–Trinajstić information content (AvgIpc) is 2.65. The number of hydrogen-bond donors (Lipinski definition) is 2. The van der Waals surface area contributed by atoms with Crippen molar-refractivity contribution in [1.82, 2.24) is 4.98 Å². The van der Waals surface area contributed by atoms with E-state index in [4.69, 9.17) is 5.73 Å². The Morgan fingerprint density at radius 3 is 3.08 bits per heavy atom. The summed E-state index contributed by atoms with van der Waals surface area (Å²) in [5.41, 5.74) is 6.64. The number of carbonyl (C=O) groups excluding carboxylic acids is 1. The molecule has 0 bridgehead atoms. The first-order valence-corrected chi connectivity index (χ1v) is 4.19. The van der Waals surface area contributed by atoms with E-state index in [1.54, 1.807) is 0 Å². The first kappa shape index (κ1) is 9.80. The van der Waals surface area contributed by atoms with Gasteiger partial charge in [0.1, 0.15) is 6.04 Å². The van der Waals surface area contributed by atoms with Gasteiger partial charge >= 0.3 is 5.97 Å². The predicted octanol–water partition coefficient (Wildman–Crippen LogP) is 0.448. The van der Waals surface area contributed by atoms with Crippen LogP contribution < -0.4 is 5.73 Å². The normalized spacial score (nSPS) is 12.5. The molecule has 0 spiro atoms. The first-order valence-electron chi connectivity index (χ1n) is 4.19. The smallest absolute Gasteiger partial charge is 0.322 e. The maximum Gasteiger partial charge on any atom is 0.322 e. The zero-order chi connectivity index (χ0) is 9.68. The molecule has 0 aliphatic heterocycles. The fourth-order valence-corrected chi connectivity index (χ4v) is 1.10. The second kappa shape index (κ2) is 4.67. The van der Waals surface area contributed by atoms with Gasteiger partial charge in [-0.05, 0) is 25.0 Å². The van der Waals surface area contributed by atoms with Gasteiger partial charge in [0.2, 0.25) is 0 Å². The predicted molar refractivity (Wildman–Crippen MR) is 49.1 cm³/mol. The molecule has 0 saturated heterocycles. The molecule has 1 aromatic heterocycles. The van der Waals surface area contributed by atoms with Crippen LogP contribution in [0, 0.1) is 0 Å². The van der Waals surface area contributed by atoms with Crippen molar-refractivity contribution in [3.05, 3.63) is 24.0 Å². The summed E-state index contributed by atoms with van der Waals surface area (Å²) in [7, 11) is 1.34. The number of carbonyl (C=O) groups is 1. The lowest BCUT2D eigenvalue weighted by Crippen LogP contribution is -2.31. The third kappa shape index (κ3) is 2.91. The molecule has 0 radical (unpaired) electrons. The molecule has 1 aromatic rings. The Bertz CT molecular complexity index is 257. The van der Waals surface area contributed by atoms with E-state index < -0.39 is 6.04 Å². The van der Waals surface area contributed by atoms with Crippen LogP contribution in [-0.2, 0) is 16.0 Å². The standard InChI is InChI=1S/C9H14N2O2/c1-13-9(12)8(10)5-4-7-3-2-6-11-7/h2-3,6,8,11H,4-5,10H2,1H3. The largest absolute Gasteiger partial charge is 0.468 e. The topological polar surface area (TPSA) is 68.1 Å². The highest BCUT2D eigenvalue weighted by atomic mass is 16.5. The molecule has 0 saturated carbocycles. The second-order valence-electron chi connectivity index (χ2n) is 2.86. The van der Waals surface area contributed by atoms with E-state index in [-0.39, 0.29) is 5.97 Å². The van der Waals surface area contributed by atoms with Crippen molar-refractivity contribution in [1.29, 1.82) is 0 Å². The van der Waals surface area contributed by atoms with E-state index in [1.165, 1.54) is 7.11 Å². The van der Waals surface area contributed by atoms with Gasteiger partial charge < -0.3 is 15.5 Å². The van der Waals surface area contributed by atoms with Crippen molar-refractivity contribution in [2.45, 2.75) is 18.9 Å². The van der Waals surface area contributed by atoms with Crippen molar-refractivity contribution in [3.63, 3.8) is 0 Å². The monoisotopic (exact) mass is 182 g/mol. The third-order valence-electron chi connectivity index (χ3n) is 1.89. The van der Waals surface area contributed by atoms with Gasteiger partial charge in [-0.3, -0.25) is 4.79 Å². The fraction of sp³-hybridized carbons (Fsp3) is 0.444. The zero-order valence-electron chi connectivity index (χ0n) is 7.62. The van der Waals surface area contributed by atoms with Crippen LogP contribution in [0.15, 0.2) is 18.3 Å². The molecule has 0 amide bonds. The van der Waals surface area contributed by atoms with Crippen molar-refractivity contribution < 1.29 is 9.53 Å². The van der Waals surface area contributed by atoms with Gasteiger partial charge in [0.25, 0.3) is 0 Å². The summed E-state index contributed by atoms with van der Waals surface area (Å²) in [5.74, 6) is -0.355. The van der Waals surface area contributed by atoms with Gasteiger partial charge in [-0.15, -0.1) is 0 Å². The van der Waals surface area contributed by atoms with Crippen LogP contribution >= 0.6 is 0 Å². The molecular formula is C9H14N2O2. The minimum absolute atomic E-state index is 0.355. The molecule has 0 aliphatic carbocycles. The van der Waals surface area contributed by atoms with E-state index in [0.717, 1.165) is 12.1 Å². The number of hydrogen-bond acceptors (Lipinski definition) is 3. The molecule has 4 nitrogen and oxygen atoms in total. The molecule has 1 atom stereocenters. The Balaban J connectivity index is 2.30. The van der Waals surface area contributed by atoms with Crippen molar-refractivity contribution in [3.8, 4) is 0 Å². The van der Waals surface area contributed by atoms with Crippen molar-refractivity contribution in [2.24, 2.45) is 5.73 Å². The van der Waals surface area contributed by atoms with Crippen molar-refractivity contribution in [2.75, 3.05) is 7.11 Å². The van der Waals surface area contributed by atoms with Crippen LogP contribution in [0.3, 0.4) is 0 Å². The highest BCUT2D eigenvalue weighted by molar-refractivity contribution is 5.75. The lowest BCUT2D eigenvalue weighted by atomic mass is 10.1. The average molecular weight is 182 g/mol. The van der Waals surface area contributed by atoms with Crippen LogP contribution in [0.2, 0.25) is 0 Å². The molecule has 0 aliphatic rings. The molecule has 13 heavy (non-hydrogen) atoms. The Labute approximate surface area is 77.1 Å². The van der Waals surface area contributed by atoms with E-state index in [1.807, 2.05) is 18.3 Å². The number of rotatable bonds is 4. The van der Waals surface area contributed by atoms with Gasteiger partial charge in [0, 0.05) is 11.9 Å². The van der Waals surface area contributed by atoms with E-state index in [9.17, 15) is 4.79 Å². The number of ether oxygens (including phenoxy) is 1. The van der Waals surface area contributed by atoms with Gasteiger partial charge in [0.05, 0.1) is 7.11 Å². The minimum atomic E-state index is -0.520. The molecule has 72 valence electrons. The maximum atomic E-state index is 10.9. The summed E-state index contributed by atoms with van der Waals surface area (Å²) in [5, 5.41) is 0. The first-order chi connectivity index (χ1) is 6.24. The number of H-pyrrole nitrogens is 1. The number of nitrogens with two attached hydrogens (primary N) is 1. The highest BCUT2D eigenvalue weighted by Gasteiger charge is 2.12. The third-order valence-corrected chi connectivity index (χ3v) is 1.89. The van der Waals surface area contributed by atoms with Gasteiger partial charge in [-0.25, -0.2) is 0 Å². The van der Waals surface area contributed by atoms with E-state index in [2.05, 4.69) is 9.72 Å². The molecule has 1 unspecified atom stereocenters. The summed E-state index contributed by atoms with van der Waals surface area (Å²) >= 11 is 0. The number of nitrogens with one attached hydrogen (secondary N) is 1. The molecular weight excluding hydrogens is 168 g/mol. The van der Waals surface area contributed by atoms with Gasteiger partial charge in [-0.1, -0.05) is 0 Å². The number of aromatic nitrogens is 1. The Morgan fingerprint density at radius 2 is 2.54 bits per heavy atom. The van der Waals surface area contributed by atoms with E-state index >= 15 is 0 Å². The lowest BCUT2D eigenvalue weighted by molar-refractivity contribution is -0.142. The quantitative estimate of drug-likeness (QED) is 0.664. The number of aromatic amines is 1. The Kier molecular flexibility index (Phi) is 3.52. The van der Waals surface area contributed by atoms with Crippen LogP contribution in [0.5, 0.6) is 0 Å². The van der Waals surface area contributed by atoms with Crippen LogP contribution in [0.4, 0.5) is 0 Å². The maximum absolute atomic E-state index is 10.9. The minimum Gasteiger partial charge on any atom is -0.468 e. The Hall–Kier alpha value is -1.29. The summed E-state index contributed by atoms with van der Waals surface area (Å²) < 4.78 is 4.51. The summed E-state index contributed by atoms with van der Waals surface area (Å²) in [6.07, 6.45) is 3.22. The van der Waals surface area contributed by atoms with Gasteiger partial charge in [-0.2, -0.15) is 0 Å². The lowest BCUT2D eigenvalue weighted by Gasteiger charge is -2.07. The molecule has 3 N–H and O–H groups in total. The SMILES string of the molecule is COC(=O)C(N)CCc1ccc[nH]1. The van der Waals surface area contributed by atoms with Crippen molar-refractivity contribution >= 4 is 5.97 Å².